The minimum atomic E-state index is 0.652. The summed E-state index contributed by atoms with van der Waals surface area (Å²) in [5, 5.41) is 4.58. The van der Waals surface area contributed by atoms with Gasteiger partial charge in [-0.15, -0.1) is 0 Å². The van der Waals surface area contributed by atoms with Gasteiger partial charge >= 0.3 is 0 Å². The van der Waals surface area contributed by atoms with Crippen LogP contribution in [0.1, 0.15) is 36.6 Å². The van der Waals surface area contributed by atoms with Gasteiger partial charge < -0.3 is 0 Å². The maximum atomic E-state index is 4.58. The SMILES string of the molecule is Cc1cc2c(Br)c(C3CCC3)nn2cn1. The van der Waals surface area contributed by atoms with E-state index in [1.807, 2.05) is 11.4 Å². The van der Waals surface area contributed by atoms with E-state index in [0.717, 1.165) is 15.7 Å². The van der Waals surface area contributed by atoms with Crippen LogP contribution in [-0.2, 0) is 0 Å². The van der Waals surface area contributed by atoms with Gasteiger partial charge in [0.25, 0.3) is 0 Å². The summed E-state index contributed by atoms with van der Waals surface area (Å²) in [5.74, 6) is 0.652. The fraction of sp³-hybridized carbons (Fsp3) is 0.455. The molecule has 3 rings (SSSR count). The van der Waals surface area contributed by atoms with Crippen LogP contribution in [0.5, 0.6) is 0 Å². The lowest BCUT2D eigenvalue weighted by Crippen LogP contribution is -2.09. The minimum absolute atomic E-state index is 0.652. The Morgan fingerprint density at radius 2 is 2.27 bits per heavy atom. The van der Waals surface area contributed by atoms with Gasteiger partial charge in [-0.2, -0.15) is 5.10 Å². The lowest BCUT2D eigenvalue weighted by Gasteiger charge is -2.23. The van der Waals surface area contributed by atoms with Gasteiger partial charge in [0, 0.05) is 11.6 Å². The normalized spacial score (nSPS) is 16.9. The predicted octanol–water partition coefficient (Wildman–Crippen LogP) is 3.07. The highest BCUT2D eigenvalue weighted by atomic mass is 79.9. The molecule has 0 unspecified atom stereocenters. The van der Waals surface area contributed by atoms with E-state index in [4.69, 9.17) is 0 Å². The van der Waals surface area contributed by atoms with Crippen LogP contribution in [-0.4, -0.2) is 14.6 Å². The molecule has 2 aromatic heterocycles. The Morgan fingerprint density at radius 3 is 2.93 bits per heavy atom. The molecule has 0 aromatic carbocycles. The molecule has 2 heterocycles. The fourth-order valence-electron chi connectivity index (χ4n) is 1.99. The van der Waals surface area contributed by atoms with Crippen molar-refractivity contribution in [3.05, 3.63) is 28.3 Å². The van der Waals surface area contributed by atoms with Crippen LogP contribution in [0.15, 0.2) is 16.9 Å². The van der Waals surface area contributed by atoms with Crippen molar-refractivity contribution in [2.45, 2.75) is 32.1 Å². The van der Waals surface area contributed by atoms with Gasteiger partial charge in [0.2, 0.25) is 0 Å². The van der Waals surface area contributed by atoms with Gasteiger partial charge in [0.05, 0.1) is 15.7 Å². The van der Waals surface area contributed by atoms with Crippen LogP contribution >= 0.6 is 15.9 Å². The van der Waals surface area contributed by atoms with Crippen LogP contribution < -0.4 is 0 Å². The maximum absolute atomic E-state index is 4.58. The Balaban J connectivity index is 2.19. The van der Waals surface area contributed by atoms with Crippen molar-refractivity contribution in [3.8, 4) is 0 Å². The van der Waals surface area contributed by atoms with Crippen LogP contribution in [0.4, 0.5) is 0 Å². The van der Waals surface area contributed by atoms with Gasteiger partial charge in [0.15, 0.2) is 0 Å². The third-order valence-corrected chi connectivity index (χ3v) is 3.93. The highest BCUT2D eigenvalue weighted by molar-refractivity contribution is 9.10. The number of fused-ring (bicyclic) bond motifs is 1. The molecule has 1 saturated carbocycles. The first-order valence-electron chi connectivity index (χ1n) is 5.26. The lowest BCUT2D eigenvalue weighted by atomic mass is 9.83. The number of aromatic nitrogens is 3. The zero-order valence-electron chi connectivity index (χ0n) is 8.57. The van der Waals surface area contributed by atoms with Gasteiger partial charge in [-0.3, -0.25) is 0 Å². The first-order valence-corrected chi connectivity index (χ1v) is 6.05. The van der Waals surface area contributed by atoms with Crippen molar-refractivity contribution >= 4 is 21.4 Å². The van der Waals surface area contributed by atoms with Crippen LogP contribution in [0.3, 0.4) is 0 Å². The number of nitrogens with zero attached hydrogens (tertiary/aromatic N) is 3. The molecule has 15 heavy (non-hydrogen) atoms. The Morgan fingerprint density at radius 1 is 1.47 bits per heavy atom. The average molecular weight is 266 g/mol. The van der Waals surface area contributed by atoms with Gasteiger partial charge in [0.1, 0.15) is 6.33 Å². The molecular weight excluding hydrogens is 254 g/mol. The largest absolute Gasteiger partial charge is 0.242 e. The van der Waals surface area contributed by atoms with E-state index >= 15 is 0 Å². The topological polar surface area (TPSA) is 30.2 Å². The minimum Gasteiger partial charge on any atom is -0.242 e. The first kappa shape index (κ1) is 9.33. The molecule has 1 aliphatic carbocycles. The van der Waals surface area contributed by atoms with Crippen molar-refractivity contribution < 1.29 is 0 Å². The molecule has 0 radical (unpaired) electrons. The Kier molecular flexibility index (Phi) is 2.06. The summed E-state index contributed by atoms with van der Waals surface area (Å²) in [6, 6.07) is 2.07. The monoisotopic (exact) mass is 265 g/mol. The van der Waals surface area contributed by atoms with Crippen LogP contribution in [0.2, 0.25) is 0 Å². The molecule has 1 fully saturated rings. The summed E-state index contributed by atoms with van der Waals surface area (Å²) in [6.45, 7) is 2.00. The zero-order chi connectivity index (χ0) is 10.4. The molecule has 0 N–H and O–H groups in total. The summed E-state index contributed by atoms with van der Waals surface area (Å²) >= 11 is 3.65. The molecule has 0 saturated heterocycles. The molecule has 0 atom stereocenters. The second kappa shape index (κ2) is 3.30. The van der Waals surface area contributed by atoms with E-state index in [-0.39, 0.29) is 0 Å². The van der Waals surface area contributed by atoms with Crippen molar-refractivity contribution in [2.24, 2.45) is 0 Å². The molecule has 78 valence electrons. The smallest absolute Gasteiger partial charge is 0.117 e. The standard InChI is InChI=1S/C11H12BrN3/c1-7-5-9-10(12)11(8-3-2-4-8)14-15(9)6-13-7/h5-6,8H,2-4H2,1H3. The number of aryl methyl sites for hydroxylation is 1. The van der Waals surface area contributed by atoms with E-state index < -0.39 is 0 Å². The van der Waals surface area contributed by atoms with Gasteiger partial charge in [-0.25, -0.2) is 9.50 Å². The van der Waals surface area contributed by atoms with E-state index in [9.17, 15) is 0 Å². The first-order chi connectivity index (χ1) is 7.25. The second-order valence-electron chi connectivity index (χ2n) is 4.19. The summed E-state index contributed by atoms with van der Waals surface area (Å²) < 4.78 is 3.02. The highest BCUT2D eigenvalue weighted by Gasteiger charge is 2.25. The molecule has 1 aliphatic rings. The van der Waals surface area contributed by atoms with E-state index in [1.165, 1.54) is 25.0 Å². The fourth-order valence-corrected chi connectivity index (χ4v) is 2.69. The third-order valence-electron chi connectivity index (χ3n) is 3.12. The van der Waals surface area contributed by atoms with Crippen molar-refractivity contribution in [3.63, 3.8) is 0 Å². The van der Waals surface area contributed by atoms with Crippen LogP contribution in [0, 0.1) is 6.92 Å². The third kappa shape index (κ3) is 1.39. The average Bonchev–Trinajstić information content (AvgIpc) is 2.43. The zero-order valence-corrected chi connectivity index (χ0v) is 10.2. The molecule has 0 amide bonds. The van der Waals surface area contributed by atoms with Gasteiger partial charge in [-0.05, 0) is 41.8 Å². The van der Waals surface area contributed by atoms with E-state index in [2.05, 4.69) is 32.1 Å². The molecule has 0 aliphatic heterocycles. The summed E-state index contributed by atoms with van der Waals surface area (Å²) in [5.41, 5.74) is 3.36. The molecule has 3 nitrogen and oxygen atoms in total. The Hall–Kier alpha value is -0.900. The van der Waals surface area contributed by atoms with Crippen molar-refractivity contribution in [1.82, 2.24) is 14.6 Å². The Labute approximate surface area is 96.6 Å². The van der Waals surface area contributed by atoms with Gasteiger partial charge in [-0.1, -0.05) is 6.42 Å². The van der Waals surface area contributed by atoms with E-state index in [1.54, 1.807) is 6.33 Å². The quantitative estimate of drug-likeness (QED) is 0.794. The maximum Gasteiger partial charge on any atom is 0.117 e. The number of rotatable bonds is 1. The number of halogens is 1. The summed E-state index contributed by atoms with van der Waals surface area (Å²) in [6.07, 6.45) is 5.67. The summed E-state index contributed by atoms with van der Waals surface area (Å²) in [7, 11) is 0. The number of hydrogen-bond donors (Lipinski definition) is 0. The molecule has 2 aromatic rings. The van der Waals surface area contributed by atoms with E-state index in [0.29, 0.717) is 5.92 Å². The molecule has 4 heteroatoms. The second-order valence-corrected chi connectivity index (χ2v) is 4.98. The predicted molar refractivity (Wildman–Crippen MR) is 62.0 cm³/mol. The van der Waals surface area contributed by atoms with Crippen molar-refractivity contribution in [2.75, 3.05) is 0 Å². The lowest BCUT2D eigenvalue weighted by molar-refractivity contribution is 0.408. The number of hydrogen-bond acceptors (Lipinski definition) is 2. The van der Waals surface area contributed by atoms with Crippen molar-refractivity contribution in [1.29, 1.82) is 0 Å². The summed E-state index contributed by atoms with van der Waals surface area (Å²) in [4.78, 5) is 4.24. The molecule has 0 bridgehead atoms. The molecule has 0 spiro atoms. The highest BCUT2D eigenvalue weighted by Crippen LogP contribution is 2.40. The molecular formula is C11H12BrN3. The Bertz CT molecular complexity index is 514. The van der Waals surface area contributed by atoms with Crippen LogP contribution in [0.25, 0.3) is 5.52 Å².